The lowest BCUT2D eigenvalue weighted by atomic mass is 10.2. The van der Waals surface area contributed by atoms with E-state index in [9.17, 15) is 0 Å². The van der Waals surface area contributed by atoms with Crippen LogP contribution in [0, 0.1) is 0 Å². The molecule has 0 heterocycles. The molecule has 1 rings (SSSR count). The van der Waals surface area contributed by atoms with Gasteiger partial charge in [-0.3, -0.25) is 4.90 Å². The molecule has 4 heteroatoms. The highest BCUT2D eigenvalue weighted by Gasteiger charge is 2.22. The Balaban J connectivity index is 2.33. The van der Waals surface area contributed by atoms with Gasteiger partial charge in [0.15, 0.2) is 0 Å². The van der Waals surface area contributed by atoms with E-state index in [0.29, 0.717) is 11.0 Å². The maximum Gasteiger partial charge on any atom is 0.0870 e. The lowest BCUT2D eigenvalue weighted by molar-refractivity contribution is 0.103. The van der Waals surface area contributed by atoms with Gasteiger partial charge in [0.1, 0.15) is 0 Å². The fraction of sp³-hybridized carbons (Fsp3) is 0.909. The molecule has 2 N–H and O–H groups in total. The first-order chi connectivity index (χ1) is 7.24. The van der Waals surface area contributed by atoms with E-state index in [-0.39, 0.29) is 0 Å². The third-order valence-electron chi connectivity index (χ3n) is 2.93. The molecule has 0 unspecified atom stereocenters. The smallest absolute Gasteiger partial charge is 0.0870 e. The number of nitrogens with two attached hydrogens (primary N) is 1. The minimum atomic E-state index is 0.596. The Labute approximate surface area is 98.0 Å². The summed E-state index contributed by atoms with van der Waals surface area (Å²) in [6.07, 6.45) is 5.25. The maximum absolute atomic E-state index is 5.61. The molecule has 88 valence electrons. The minimum Gasteiger partial charge on any atom is -0.392 e. The van der Waals surface area contributed by atoms with E-state index in [2.05, 4.69) is 4.90 Å². The van der Waals surface area contributed by atoms with Crippen LogP contribution in [0.4, 0.5) is 0 Å². The quantitative estimate of drug-likeness (QED) is 0.532. The Morgan fingerprint density at radius 3 is 2.67 bits per heavy atom. The van der Waals surface area contributed by atoms with Crippen molar-refractivity contribution in [3.05, 3.63) is 0 Å². The van der Waals surface area contributed by atoms with Crippen LogP contribution in [0.5, 0.6) is 0 Å². The Morgan fingerprint density at radius 1 is 1.47 bits per heavy atom. The average molecular weight is 230 g/mol. The van der Waals surface area contributed by atoms with Crippen LogP contribution in [0.2, 0.25) is 0 Å². The second kappa shape index (κ2) is 7.14. The summed E-state index contributed by atoms with van der Waals surface area (Å²) in [7, 11) is 0. The van der Waals surface area contributed by atoms with Gasteiger partial charge < -0.3 is 10.5 Å². The predicted octanol–water partition coefficient (Wildman–Crippen LogP) is 1.55. The monoisotopic (exact) mass is 230 g/mol. The summed E-state index contributed by atoms with van der Waals surface area (Å²) in [5, 5.41) is 0. The summed E-state index contributed by atoms with van der Waals surface area (Å²) in [5.41, 5.74) is 5.61. The zero-order chi connectivity index (χ0) is 11.1. The molecule has 15 heavy (non-hydrogen) atoms. The fourth-order valence-corrected chi connectivity index (χ4v) is 2.35. The normalized spacial score (nSPS) is 17.5. The molecule has 1 aliphatic rings. The molecule has 1 aliphatic carbocycles. The lowest BCUT2D eigenvalue weighted by Crippen LogP contribution is -2.41. The van der Waals surface area contributed by atoms with E-state index >= 15 is 0 Å². The fourth-order valence-electron chi connectivity index (χ4n) is 2.19. The highest BCUT2D eigenvalue weighted by molar-refractivity contribution is 7.80. The van der Waals surface area contributed by atoms with E-state index in [1.165, 1.54) is 25.7 Å². The van der Waals surface area contributed by atoms with Crippen LogP contribution in [-0.2, 0) is 4.74 Å². The third kappa shape index (κ3) is 4.91. The number of rotatable bonds is 7. The van der Waals surface area contributed by atoms with Gasteiger partial charge in [-0.05, 0) is 19.8 Å². The van der Waals surface area contributed by atoms with Crippen LogP contribution >= 0.6 is 12.2 Å². The van der Waals surface area contributed by atoms with Gasteiger partial charge in [0, 0.05) is 25.7 Å². The highest BCUT2D eigenvalue weighted by atomic mass is 32.1. The highest BCUT2D eigenvalue weighted by Crippen LogP contribution is 2.22. The average Bonchev–Trinajstić information content (AvgIpc) is 2.68. The van der Waals surface area contributed by atoms with Gasteiger partial charge in [0.2, 0.25) is 0 Å². The second-order valence-electron chi connectivity index (χ2n) is 4.07. The molecule has 0 aromatic rings. The summed E-state index contributed by atoms with van der Waals surface area (Å²) in [6, 6.07) is 0.673. The zero-order valence-electron chi connectivity index (χ0n) is 9.58. The first-order valence-corrected chi connectivity index (χ1v) is 6.25. The summed E-state index contributed by atoms with van der Waals surface area (Å²) >= 11 is 4.98. The molecule has 0 spiro atoms. The molecule has 0 atom stereocenters. The van der Waals surface area contributed by atoms with E-state index in [1.807, 2.05) is 6.92 Å². The van der Waals surface area contributed by atoms with Gasteiger partial charge >= 0.3 is 0 Å². The van der Waals surface area contributed by atoms with Crippen molar-refractivity contribution in [1.82, 2.24) is 4.90 Å². The molecule has 0 aliphatic heterocycles. The Bertz CT molecular complexity index is 193. The summed E-state index contributed by atoms with van der Waals surface area (Å²) < 4.78 is 5.38. The van der Waals surface area contributed by atoms with Crippen LogP contribution in [0.3, 0.4) is 0 Å². The Hall–Kier alpha value is -0.190. The van der Waals surface area contributed by atoms with Gasteiger partial charge in [-0.15, -0.1) is 0 Å². The third-order valence-corrected chi connectivity index (χ3v) is 3.06. The second-order valence-corrected chi connectivity index (χ2v) is 4.60. The van der Waals surface area contributed by atoms with Gasteiger partial charge in [0.25, 0.3) is 0 Å². The van der Waals surface area contributed by atoms with Gasteiger partial charge in [-0.2, -0.15) is 0 Å². The van der Waals surface area contributed by atoms with Crippen molar-refractivity contribution in [3.8, 4) is 0 Å². The topological polar surface area (TPSA) is 38.5 Å². The number of ether oxygens (including phenoxy) is 1. The van der Waals surface area contributed by atoms with E-state index in [4.69, 9.17) is 22.7 Å². The van der Waals surface area contributed by atoms with Crippen molar-refractivity contribution in [3.63, 3.8) is 0 Å². The number of hydrogen-bond donors (Lipinski definition) is 1. The first kappa shape index (κ1) is 12.9. The number of nitrogens with zero attached hydrogens (tertiary/aromatic N) is 1. The van der Waals surface area contributed by atoms with Crippen molar-refractivity contribution >= 4 is 17.2 Å². The van der Waals surface area contributed by atoms with Gasteiger partial charge in [-0.25, -0.2) is 0 Å². The molecule has 0 saturated heterocycles. The Kier molecular flexibility index (Phi) is 6.13. The predicted molar refractivity (Wildman–Crippen MR) is 67.1 cm³/mol. The number of thiocarbonyl (C=S) groups is 1. The molecule has 0 aromatic heterocycles. The first-order valence-electron chi connectivity index (χ1n) is 5.84. The van der Waals surface area contributed by atoms with Crippen molar-refractivity contribution in [2.75, 3.05) is 26.3 Å². The molecule has 0 bridgehead atoms. The van der Waals surface area contributed by atoms with Crippen molar-refractivity contribution < 1.29 is 4.74 Å². The number of hydrogen-bond acceptors (Lipinski definition) is 3. The molecule has 0 amide bonds. The van der Waals surface area contributed by atoms with Crippen molar-refractivity contribution in [2.45, 2.75) is 38.6 Å². The van der Waals surface area contributed by atoms with Crippen LogP contribution < -0.4 is 5.73 Å². The van der Waals surface area contributed by atoms with E-state index in [0.717, 1.165) is 26.3 Å². The van der Waals surface area contributed by atoms with Crippen molar-refractivity contribution in [2.24, 2.45) is 5.73 Å². The maximum atomic E-state index is 5.61. The molecule has 0 radical (unpaired) electrons. The van der Waals surface area contributed by atoms with E-state index < -0.39 is 0 Å². The SMILES string of the molecule is CCOCCN(CC(N)=S)C1CCCC1. The lowest BCUT2D eigenvalue weighted by Gasteiger charge is -2.28. The molecule has 1 fully saturated rings. The van der Waals surface area contributed by atoms with Crippen LogP contribution in [0.1, 0.15) is 32.6 Å². The van der Waals surface area contributed by atoms with Crippen molar-refractivity contribution in [1.29, 1.82) is 0 Å². The minimum absolute atomic E-state index is 0.596. The molecule has 3 nitrogen and oxygen atoms in total. The van der Waals surface area contributed by atoms with Crippen LogP contribution in [0.15, 0.2) is 0 Å². The summed E-state index contributed by atoms with van der Waals surface area (Å²) in [4.78, 5) is 2.98. The Morgan fingerprint density at radius 2 is 2.13 bits per heavy atom. The van der Waals surface area contributed by atoms with E-state index in [1.54, 1.807) is 0 Å². The molecular formula is C11H22N2OS. The zero-order valence-corrected chi connectivity index (χ0v) is 10.4. The van der Waals surface area contributed by atoms with Gasteiger partial charge in [-0.1, -0.05) is 25.1 Å². The largest absolute Gasteiger partial charge is 0.392 e. The van der Waals surface area contributed by atoms with Crippen LogP contribution in [-0.4, -0.2) is 42.2 Å². The standard InChI is InChI=1S/C11H22N2OS/c1-2-14-8-7-13(9-11(12)15)10-5-3-4-6-10/h10H,2-9H2,1H3,(H2,12,15). The van der Waals surface area contributed by atoms with Gasteiger partial charge in [0.05, 0.1) is 11.6 Å². The van der Waals surface area contributed by atoms with Crippen LogP contribution in [0.25, 0.3) is 0 Å². The molecular weight excluding hydrogens is 208 g/mol. The summed E-state index contributed by atoms with van der Waals surface area (Å²) in [6.45, 7) is 5.29. The molecule has 1 saturated carbocycles. The summed E-state index contributed by atoms with van der Waals surface area (Å²) in [5.74, 6) is 0. The molecule has 0 aromatic carbocycles.